The van der Waals surface area contributed by atoms with Gasteiger partial charge in [0.2, 0.25) is 5.95 Å². The molecule has 5 N–H and O–H groups in total. The molecule has 0 aliphatic heterocycles. The minimum absolute atomic E-state index is 0.182. The minimum atomic E-state index is -1.01. The number of imidazole rings is 1. The molecule has 3 aromatic heterocycles. The lowest BCUT2D eigenvalue weighted by atomic mass is 10.1. The molecule has 4 aromatic rings. The first-order valence-corrected chi connectivity index (χ1v) is 9.84. The zero-order valence-corrected chi connectivity index (χ0v) is 18.3. The average Bonchev–Trinajstić information content (AvgIpc) is 3.27. The third kappa shape index (κ3) is 3.66. The molecular weight excluding hydrogens is 414 g/mol. The first-order chi connectivity index (χ1) is 15.2. The monoisotopic (exact) mass is 437 g/mol. The Bertz CT molecular complexity index is 1370. The number of fused-ring (bicyclic) bond motifs is 2. The quantitative estimate of drug-likeness (QED) is 0.351. The number of carbonyl (C=O) groups is 2. The Morgan fingerprint density at radius 1 is 1.19 bits per heavy atom. The van der Waals surface area contributed by atoms with Gasteiger partial charge in [-0.05, 0) is 32.9 Å². The van der Waals surface area contributed by atoms with Crippen molar-refractivity contribution in [3.05, 3.63) is 23.7 Å². The maximum atomic E-state index is 12.3. The van der Waals surface area contributed by atoms with Crippen molar-refractivity contribution in [3.8, 4) is 11.3 Å². The molecule has 166 valence electrons. The molecule has 3 heterocycles. The molecule has 0 fully saturated rings. The van der Waals surface area contributed by atoms with E-state index < -0.39 is 18.1 Å². The largest absolute Gasteiger partial charge is 0.436 e. The number of nitrogen functional groups attached to an aromatic ring is 1. The maximum Gasteiger partial charge on any atom is 0.407 e. The van der Waals surface area contributed by atoms with Crippen molar-refractivity contribution < 1.29 is 14.3 Å². The lowest BCUT2D eigenvalue weighted by Crippen LogP contribution is -2.33. The molecule has 2 amide bonds. The van der Waals surface area contributed by atoms with Crippen LogP contribution in [0.2, 0.25) is 0 Å². The highest BCUT2D eigenvalue weighted by molar-refractivity contribution is 5.99. The number of anilines is 2. The molecule has 0 saturated carbocycles. The Hall–Kier alpha value is -4.22. The van der Waals surface area contributed by atoms with Gasteiger partial charge in [-0.25, -0.2) is 19.7 Å². The van der Waals surface area contributed by atoms with Gasteiger partial charge < -0.3 is 20.8 Å². The van der Waals surface area contributed by atoms with Crippen molar-refractivity contribution in [1.82, 2.24) is 35.0 Å². The Labute approximate surface area is 182 Å². The summed E-state index contributed by atoms with van der Waals surface area (Å²) in [6, 6.07) is 3.62. The van der Waals surface area contributed by atoms with E-state index in [4.69, 9.17) is 10.5 Å². The van der Waals surface area contributed by atoms with Crippen LogP contribution in [0.3, 0.4) is 0 Å². The number of alkyl carbamates (subject to hydrolysis) is 1. The number of nitrogens with two attached hydrogens (primary N) is 1. The Kier molecular flexibility index (Phi) is 5.12. The van der Waals surface area contributed by atoms with E-state index in [1.807, 2.05) is 27.0 Å². The lowest BCUT2D eigenvalue weighted by molar-refractivity contribution is -0.123. The van der Waals surface area contributed by atoms with E-state index in [9.17, 15) is 9.59 Å². The third-order valence-electron chi connectivity index (χ3n) is 4.95. The summed E-state index contributed by atoms with van der Waals surface area (Å²) in [4.78, 5) is 40.1. The third-order valence-corrected chi connectivity index (χ3v) is 4.95. The molecule has 0 bridgehead atoms. The fourth-order valence-electron chi connectivity index (χ4n) is 3.48. The average molecular weight is 437 g/mol. The van der Waals surface area contributed by atoms with Gasteiger partial charge in [0.15, 0.2) is 6.10 Å². The summed E-state index contributed by atoms with van der Waals surface area (Å²) in [5.74, 6) is 0.261. The van der Waals surface area contributed by atoms with Gasteiger partial charge in [0.1, 0.15) is 28.1 Å². The summed E-state index contributed by atoms with van der Waals surface area (Å²) in [6.07, 6.45) is -1.72. The van der Waals surface area contributed by atoms with Gasteiger partial charge in [-0.3, -0.25) is 14.8 Å². The number of H-pyrrole nitrogens is 1. The second-order valence-electron chi connectivity index (χ2n) is 7.36. The van der Waals surface area contributed by atoms with Crippen LogP contribution in [0.15, 0.2) is 12.1 Å². The second-order valence-corrected chi connectivity index (χ2v) is 7.36. The molecule has 0 saturated heterocycles. The second kappa shape index (κ2) is 7.80. The standard InChI is InChI=1S/C20H23N9O3/c1-8-14-17(29(5)28-8)15(24-10(3)23-14)11-6-12(21)16-13(7-11)25-19(26-16)27-18(30)9(2)32-20(31)22-4/h6-7,9H,21H2,1-5H3,(H,22,31)(H2,25,26,27,30). The first-order valence-electron chi connectivity index (χ1n) is 9.84. The van der Waals surface area contributed by atoms with Crippen molar-refractivity contribution in [1.29, 1.82) is 0 Å². The van der Waals surface area contributed by atoms with Crippen LogP contribution in [0.1, 0.15) is 18.4 Å². The summed E-state index contributed by atoms with van der Waals surface area (Å²) in [5.41, 5.74) is 11.6. The molecule has 1 atom stereocenters. The maximum absolute atomic E-state index is 12.3. The van der Waals surface area contributed by atoms with Crippen molar-refractivity contribution in [2.75, 3.05) is 18.1 Å². The van der Waals surface area contributed by atoms with Crippen LogP contribution in [0.5, 0.6) is 0 Å². The van der Waals surface area contributed by atoms with Gasteiger partial charge >= 0.3 is 6.09 Å². The van der Waals surface area contributed by atoms with E-state index in [-0.39, 0.29) is 5.95 Å². The number of rotatable bonds is 4. The molecule has 32 heavy (non-hydrogen) atoms. The number of benzene rings is 1. The van der Waals surface area contributed by atoms with E-state index in [1.54, 1.807) is 10.7 Å². The minimum Gasteiger partial charge on any atom is -0.436 e. The number of nitrogens with one attached hydrogen (secondary N) is 3. The van der Waals surface area contributed by atoms with Crippen LogP contribution in [-0.2, 0) is 16.6 Å². The molecule has 4 rings (SSSR count). The first kappa shape index (κ1) is 21.0. The molecule has 0 radical (unpaired) electrons. The zero-order valence-electron chi connectivity index (χ0n) is 18.3. The fraction of sp³-hybridized carbons (Fsp3) is 0.300. The van der Waals surface area contributed by atoms with Gasteiger partial charge in [-0.2, -0.15) is 5.10 Å². The van der Waals surface area contributed by atoms with Crippen molar-refractivity contribution in [3.63, 3.8) is 0 Å². The number of nitrogens with zero attached hydrogens (tertiary/aromatic N) is 5. The Balaban J connectivity index is 1.72. The topological polar surface area (TPSA) is 166 Å². The fourth-order valence-corrected chi connectivity index (χ4v) is 3.48. The number of hydrogen-bond donors (Lipinski definition) is 4. The van der Waals surface area contributed by atoms with Crippen LogP contribution in [0.4, 0.5) is 16.4 Å². The summed E-state index contributed by atoms with van der Waals surface area (Å²) < 4.78 is 6.66. The Morgan fingerprint density at radius 3 is 2.66 bits per heavy atom. The van der Waals surface area contributed by atoms with Gasteiger partial charge in [-0.1, -0.05) is 0 Å². The molecule has 1 unspecified atom stereocenters. The summed E-state index contributed by atoms with van der Waals surface area (Å²) in [6.45, 7) is 5.18. The smallest absolute Gasteiger partial charge is 0.407 e. The number of carbonyl (C=O) groups excluding carboxylic acids is 2. The Morgan fingerprint density at radius 2 is 1.94 bits per heavy atom. The van der Waals surface area contributed by atoms with Gasteiger partial charge in [0.25, 0.3) is 5.91 Å². The predicted molar refractivity (Wildman–Crippen MR) is 119 cm³/mol. The van der Waals surface area contributed by atoms with E-state index in [0.29, 0.717) is 28.2 Å². The number of hydrogen-bond acceptors (Lipinski definition) is 8. The molecule has 1 aromatic carbocycles. The molecule has 12 nitrogen and oxygen atoms in total. The highest BCUT2D eigenvalue weighted by Gasteiger charge is 2.20. The molecule has 0 spiro atoms. The number of ether oxygens (including phenoxy) is 1. The van der Waals surface area contributed by atoms with Crippen molar-refractivity contribution in [2.45, 2.75) is 26.9 Å². The van der Waals surface area contributed by atoms with Crippen molar-refractivity contribution in [2.24, 2.45) is 7.05 Å². The molecule has 0 aliphatic carbocycles. The number of aryl methyl sites for hydroxylation is 3. The highest BCUT2D eigenvalue weighted by Crippen LogP contribution is 2.32. The number of amides is 2. The normalized spacial score (nSPS) is 12.2. The van der Waals surface area contributed by atoms with Crippen LogP contribution < -0.4 is 16.4 Å². The summed E-state index contributed by atoms with van der Waals surface area (Å²) in [7, 11) is 3.25. The zero-order chi connectivity index (χ0) is 23.2. The van der Waals surface area contributed by atoms with Crippen LogP contribution in [-0.4, -0.2) is 54.9 Å². The van der Waals surface area contributed by atoms with Gasteiger partial charge in [-0.15, -0.1) is 0 Å². The SMILES string of the molecule is CNC(=O)OC(C)C(=O)Nc1nc2c(N)cc(-c3nc(C)nc4c(C)nn(C)c34)cc2[nH]1. The summed E-state index contributed by atoms with van der Waals surface area (Å²) in [5, 5.41) is 9.34. The molecule has 12 heteroatoms. The predicted octanol–water partition coefficient (Wildman–Crippen LogP) is 1.79. The summed E-state index contributed by atoms with van der Waals surface area (Å²) >= 11 is 0. The van der Waals surface area contributed by atoms with E-state index >= 15 is 0 Å². The van der Waals surface area contributed by atoms with Gasteiger partial charge in [0, 0.05) is 19.7 Å². The van der Waals surface area contributed by atoms with E-state index in [2.05, 4.69) is 35.7 Å². The number of aromatic amines is 1. The van der Waals surface area contributed by atoms with Crippen molar-refractivity contribution >= 4 is 45.7 Å². The van der Waals surface area contributed by atoms with E-state index in [0.717, 1.165) is 22.3 Å². The molecule has 0 aliphatic rings. The number of aromatic nitrogens is 6. The van der Waals surface area contributed by atoms with Crippen LogP contribution in [0.25, 0.3) is 33.3 Å². The van der Waals surface area contributed by atoms with Crippen LogP contribution in [0, 0.1) is 13.8 Å². The van der Waals surface area contributed by atoms with E-state index in [1.165, 1.54) is 14.0 Å². The van der Waals surface area contributed by atoms with Crippen LogP contribution >= 0.6 is 0 Å². The highest BCUT2D eigenvalue weighted by atomic mass is 16.6. The van der Waals surface area contributed by atoms with Gasteiger partial charge in [0.05, 0.1) is 16.9 Å². The lowest BCUT2D eigenvalue weighted by Gasteiger charge is -2.11. The molecular formula is C20H23N9O3.